The van der Waals surface area contributed by atoms with Gasteiger partial charge in [-0.3, -0.25) is 9.89 Å². The molecule has 26 heavy (non-hydrogen) atoms. The number of piperidine rings is 1. The van der Waals surface area contributed by atoms with Crippen LogP contribution in [0.1, 0.15) is 47.3 Å². The highest BCUT2D eigenvalue weighted by Gasteiger charge is 2.25. The molecule has 1 fully saturated rings. The number of carbonyl (C=O) groups excluding carboxylic acids is 2. The van der Waals surface area contributed by atoms with Gasteiger partial charge in [0, 0.05) is 36.6 Å². The average Bonchev–Trinajstić information content (AvgIpc) is 3.08. The Kier molecular flexibility index (Phi) is 5.55. The molecule has 1 aromatic carbocycles. The highest BCUT2D eigenvalue weighted by molar-refractivity contribution is 5.96. The maximum atomic E-state index is 12.5. The minimum Gasteiger partial charge on any atom is -0.352 e. The molecule has 1 aliphatic heterocycles. The van der Waals surface area contributed by atoms with Crippen LogP contribution in [0.25, 0.3) is 0 Å². The van der Waals surface area contributed by atoms with Gasteiger partial charge in [0.05, 0.1) is 6.20 Å². The first-order valence-corrected chi connectivity index (χ1v) is 9.02. The Labute approximate surface area is 153 Å². The van der Waals surface area contributed by atoms with Crippen LogP contribution in [0.15, 0.2) is 30.5 Å². The van der Waals surface area contributed by atoms with Gasteiger partial charge >= 0.3 is 6.03 Å². The van der Waals surface area contributed by atoms with E-state index in [4.69, 9.17) is 0 Å². The Morgan fingerprint density at radius 3 is 2.73 bits per heavy atom. The summed E-state index contributed by atoms with van der Waals surface area (Å²) in [5.41, 5.74) is 3.53. The van der Waals surface area contributed by atoms with E-state index < -0.39 is 0 Å². The Balaban J connectivity index is 1.57. The number of H-pyrrole nitrogens is 1. The third-order valence-electron chi connectivity index (χ3n) is 4.80. The second-order valence-electron chi connectivity index (χ2n) is 6.58. The zero-order chi connectivity index (χ0) is 18.5. The normalized spacial score (nSPS) is 14.9. The summed E-state index contributed by atoms with van der Waals surface area (Å²) in [6.45, 7) is 5.88. The van der Waals surface area contributed by atoms with Crippen LogP contribution in [0, 0.1) is 6.92 Å². The number of aromatic amines is 1. The minimum atomic E-state index is -0.139. The zero-order valence-corrected chi connectivity index (χ0v) is 15.2. The molecule has 1 saturated heterocycles. The van der Waals surface area contributed by atoms with Crippen LogP contribution >= 0.6 is 0 Å². The molecule has 7 heteroatoms. The molecule has 2 heterocycles. The van der Waals surface area contributed by atoms with E-state index in [9.17, 15) is 9.59 Å². The molecule has 1 aliphatic rings. The molecular weight excluding hydrogens is 330 g/mol. The number of rotatable bonds is 4. The number of anilines is 1. The van der Waals surface area contributed by atoms with E-state index in [1.54, 1.807) is 24.3 Å². The lowest BCUT2D eigenvalue weighted by Gasteiger charge is -2.32. The highest BCUT2D eigenvalue weighted by atomic mass is 16.2. The van der Waals surface area contributed by atoms with Gasteiger partial charge in [0.2, 0.25) is 0 Å². The van der Waals surface area contributed by atoms with Crippen LogP contribution < -0.4 is 10.6 Å². The third kappa shape index (κ3) is 4.04. The summed E-state index contributed by atoms with van der Waals surface area (Å²) in [7, 11) is 0. The number of amides is 3. The van der Waals surface area contributed by atoms with Crippen molar-refractivity contribution in [1.82, 2.24) is 20.4 Å². The average molecular weight is 355 g/mol. The molecule has 0 spiro atoms. The number of nitrogens with one attached hydrogen (secondary N) is 3. The molecule has 0 radical (unpaired) electrons. The van der Waals surface area contributed by atoms with Crippen molar-refractivity contribution in [1.29, 1.82) is 0 Å². The van der Waals surface area contributed by atoms with Crippen molar-refractivity contribution in [2.75, 3.05) is 25.0 Å². The van der Waals surface area contributed by atoms with Gasteiger partial charge in [0.15, 0.2) is 0 Å². The molecule has 0 aliphatic carbocycles. The highest BCUT2D eigenvalue weighted by Crippen LogP contribution is 2.29. The van der Waals surface area contributed by atoms with Crippen LogP contribution in [0.3, 0.4) is 0 Å². The van der Waals surface area contributed by atoms with Gasteiger partial charge in [-0.2, -0.15) is 5.10 Å². The number of nitrogens with zero attached hydrogens (tertiary/aromatic N) is 2. The fraction of sp³-hybridized carbons (Fsp3) is 0.421. The molecule has 3 amide bonds. The van der Waals surface area contributed by atoms with Gasteiger partial charge in [-0.1, -0.05) is 6.07 Å². The minimum absolute atomic E-state index is 0.125. The number of likely N-dealkylation sites (tertiary alicyclic amines) is 1. The van der Waals surface area contributed by atoms with Crippen LogP contribution in [0.5, 0.6) is 0 Å². The van der Waals surface area contributed by atoms with Crippen molar-refractivity contribution >= 4 is 17.6 Å². The molecule has 2 aromatic rings. The topological polar surface area (TPSA) is 90.1 Å². The molecule has 7 nitrogen and oxygen atoms in total. The Hall–Kier alpha value is -2.83. The van der Waals surface area contributed by atoms with Crippen LogP contribution in [-0.2, 0) is 0 Å². The molecule has 0 unspecified atom stereocenters. The predicted molar refractivity (Wildman–Crippen MR) is 100 cm³/mol. The van der Waals surface area contributed by atoms with Crippen LogP contribution in [0.4, 0.5) is 10.5 Å². The quantitative estimate of drug-likeness (QED) is 0.788. The van der Waals surface area contributed by atoms with Crippen molar-refractivity contribution in [3.05, 3.63) is 47.3 Å². The molecular formula is C19H25N5O2. The van der Waals surface area contributed by atoms with Gasteiger partial charge in [0.25, 0.3) is 5.91 Å². The lowest BCUT2D eigenvalue weighted by Crippen LogP contribution is -2.40. The smallest absolute Gasteiger partial charge is 0.321 e. The van der Waals surface area contributed by atoms with Crippen LogP contribution in [0.2, 0.25) is 0 Å². The zero-order valence-electron chi connectivity index (χ0n) is 15.2. The monoisotopic (exact) mass is 355 g/mol. The fourth-order valence-electron chi connectivity index (χ4n) is 3.37. The van der Waals surface area contributed by atoms with Crippen molar-refractivity contribution in [3.63, 3.8) is 0 Å². The van der Waals surface area contributed by atoms with Crippen LogP contribution in [-0.4, -0.2) is 46.7 Å². The van der Waals surface area contributed by atoms with Gasteiger partial charge in [-0.05, 0) is 56.4 Å². The second kappa shape index (κ2) is 8.03. The van der Waals surface area contributed by atoms with Gasteiger partial charge < -0.3 is 15.5 Å². The lowest BCUT2D eigenvalue weighted by molar-refractivity contribution is 0.0956. The summed E-state index contributed by atoms with van der Waals surface area (Å²) in [6, 6.07) is 6.88. The second-order valence-corrected chi connectivity index (χ2v) is 6.58. The fourth-order valence-corrected chi connectivity index (χ4v) is 3.37. The Morgan fingerprint density at radius 1 is 1.31 bits per heavy atom. The SMILES string of the molecule is CCNC(=O)c1cccc(NC(=O)N2CCC(c3cn[nH]c3C)CC2)c1. The maximum Gasteiger partial charge on any atom is 0.321 e. The number of hydrogen-bond donors (Lipinski definition) is 3. The lowest BCUT2D eigenvalue weighted by atomic mass is 9.90. The number of carbonyl (C=O) groups is 2. The van der Waals surface area contributed by atoms with E-state index in [0.29, 0.717) is 36.8 Å². The summed E-state index contributed by atoms with van der Waals surface area (Å²) in [5.74, 6) is 0.304. The number of benzene rings is 1. The molecule has 138 valence electrons. The van der Waals surface area contributed by atoms with E-state index in [2.05, 4.69) is 20.8 Å². The largest absolute Gasteiger partial charge is 0.352 e. The number of aryl methyl sites for hydroxylation is 1. The van der Waals surface area contributed by atoms with Crippen molar-refractivity contribution < 1.29 is 9.59 Å². The summed E-state index contributed by atoms with van der Waals surface area (Å²) < 4.78 is 0. The van der Waals surface area contributed by atoms with E-state index in [1.807, 2.05) is 24.9 Å². The van der Waals surface area contributed by atoms with E-state index in [1.165, 1.54) is 5.56 Å². The van der Waals surface area contributed by atoms with Gasteiger partial charge in [0.1, 0.15) is 0 Å². The number of aromatic nitrogens is 2. The molecule has 0 saturated carbocycles. The first kappa shape index (κ1) is 18.0. The third-order valence-corrected chi connectivity index (χ3v) is 4.80. The van der Waals surface area contributed by atoms with Gasteiger partial charge in [-0.25, -0.2) is 4.79 Å². The van der Waals surface area contributed by atoms with Crippen molar-refractivity contribution in [2.24, 2.45) is 0 Å². The number of hydrogen-bond acceptors (Lipinski definition) is 3. The van der Waals surface area contributed by atoms with E-state index in [0.717, 1.165) is 18.5 Å². The standard InChI is InChI=1S/C19H25N5O2/c1-3-20-18(25)15-5-4-6-16(11-15)22-19(26)24-9-7-14(8-10-24)17-12-21-23-13(17)2/h4-6,11-12,14H,3,7-10H2,1-2H3,(H,20,25)(H,21,23)(H,22,26). The summed E-state index contributed by atoms with van der Waals surface area (Å²) >= 11 is 0. The predicted octanol–water partition coefficient (Wildman–Crippen LogP) is 2.88. The van der Waals surface area contributed by atoms with Crippen molar-refractivity contribution in [2.45, 2.75) is 32.6 Å². The summed E-state index contributed by atoms with van der Waals surface area (Å²) in [5, 5.41) is 12.7. The van der Waals surface area contributed by atoms with Gasteiger partial charge in [-0.15, -0.1) is 0 Å². The Bertz CT molecular complexity index is 778. The first-order chi connectivity index (χ1) is 12.6. The molecule has 3 N–H and O–H groups in total. The summed E-state index contributed by atoms with van der Waals surface area (Å²) in [6.07, 6.45) is 3.74. The first-order valence-electron chi connectivity index (χ1n) is 9.02. The molecule has 0 atom stereocenters. The summed E-state index contributed by atoms with van der Waals surface area (Å²) in [4.78, 5) is 26.3. The van der Waals surface area contributed by atoms with E-state index in [-0.39, 0.29) is 11.9 Å². The van der Waals surface area contributed by atoms with E-state index >= 15 is 0 Å². The Morgan fingerprint density at radius 2 is 2.08 bits per heavy atom. The molecule has 1 aromatic heterocycles. The maximum absolute atomic E-state index is 12.5. The number of urea groups is 1. The molecule has 3 rings (SSSR count). The van der Waals surface area contributed by atoms with Crippen molar-refractivity contribution in [3.8, 4) is 0 Å². The molecule has 0 bridgehead atoms.